The molecule has 0 bridgehead atoms. The van der Waals surface area contributed by atoms with Gasteiger partial charge < -0.3 is 5.11 Å². The molecule has 0 unspecified atom stereocenters. The van der Waals surface area contributed by atoms with Crippen LogP contribution in [0.25, 0.3) is 0 Å². The molecule has 0 fully saturated rings. The van der Waals surface area contributed by atoms with E-state index in [4.69, 9.17) is 5.11 Å². The first-order valence-corrected chi connectivity index (χ1v) is 3.63. The Morgan fingerprint density at radius 1 is 1.38 bits per heavy atom. The van der Waals surface area contributed by atoms with Crippen LogP contribution >= 0.6 is 0 Å². The maximum atomic E-state index is 12.4. The zero-order chi connectivity index (χ0) is 9.68. The Morgan fingerprint density at radius 2 is 2.00 bits per heavy atom. The van der Waals surface area contributed by atoms with Crippen LogP contribution in [-0.2, 0) is 0 Å². The smallest absolute Gasteiger partial charge is 0.235 e. The minimum Gasteiger partial charge on any atom is -0.384 e. The summed E-state index contributed by atoms with van der Waals surface area (Å²) in [5.41, 5.74) is 0.322. The lowest BCUT2D eigenvalue weighted by Gasteiger charge is -1.91. The van der Waals surface area contributed by atoms with Crippen molar-refractivity contribution in [3.8, 4) is 11.8 Å². The first-order chi connectivity index (χ1) is 6.24. The molecule has 3 heteroatoms. The van der Waals surface area contributed by atoms with Gasteiger partial charge in [-0.2, -0.15) is 0 Å². The molecule has 1 aromatic carbocycles. The van der Waals surface area contributed by atoms with Crippen LogP contribution in [-0.4, -0.2) is 17.5 Å². The van der Waals surface area contributed by atoms with Crippen LogP contribution in [0.4, 0.5) is 4.39 Å². The minimum atomic E-state index is -0.422. The number of hydrogen-bond donors (Lipinski definition) is 1. The number of carbonyl (C=O) groups excluding carboxylic acids is 1. The second kappa shape index (κ2) is 4.39. The van der Waals surface area contributed by atoms with Crippen LogP contribution < -0.4 is 0 Å². The van der Waals surface area contributed by atoms with Gasteiger partial charge in [0, 0.05) is 5.56 Å². The third kappa shape index (κ3) is 2.69. The second-order valence-electron chi connectivity index (χ2n) is 2.30. The third-order valence-corrected chi connectivity index (χ3v) is 1.39. The van der Waals surface area contributed by atoms with Gasteiger partial charge in [-0.25, -0.2) is 4.39 Å². The fraction of sp³-hybridized carbons (Fsp3) is 0.100. The number of halogens is 1. The topological polar surface area (TPSA) is 37.3 Å². The van der Waals surface area contributed by atoms with Crippen molar-refractivity contribution in [3.05, 3.63) is 35.6 Å². The quantitative estimate of drug-likeness (QED) is 0.396. The molecule has 1 aromatic rings. The normalized spacial score (nSPS) is 8.77. The van der Waals surface area contributed by atoms with Gasteiger partial charge in [-0.1, -0.05) is 5.92 Å². The first kappa shape index (κ1) is 9.43. The van der Waals surface area contributed by atoms with Gasteiger partial charge in [0.15, 0.2) is 0 Å². The molecule has 0 heterocycles. The van der Waals surface area contributed by atoms with Crippen LogP contribution in [0.3, 0.4) is 0 Å². The van der Waals surface area contributed by atoms with Gasteiger partial charge in [0.2, 0.25) is 5.78 Å². The van der Waals surface area contributed by atoms with Crippen LogP contribution in [0.5, 0.6) is 0 Å². The molecule has 66 valence electrons. The molecule has 0 aliphatic carbocycles. The van der Waals surface area contributed by atoms with Gasteiger partial charge in [-0.05, 0) is 30.2 Å². The van der Waals surface area contributed by atoms with E-state index in [2.05, 4.69) is 11.8 Å². The number of ketones is 1. The number of benzene rings is 1. The number of aliphatic hydroxyl groups is 1. The monoisotopic (exact) mass is 178 g/mol. The summed E-state index contributed by atoms with van der Waals surface area (Å²) in [5.74, 6) is 3.61. The van der Waals surface area contributed by atoms with Crippen molar-refractivity contribution in [2.45, 2.75) is 0 Å². The van der Waals surface area contributed by atoms with E-state index in [0.717, 1.165) is 0 Å². The van der Waals surface area contributed by atoms with E-state index in [-0.39, 0.29) is 6.61 Å². The van der Waals surface area contributed by atoms with Crippen molar-refractivity contribution in [3.63, 3.8) is 0 Å². The van der Waals surface area contributed by atoms with Gasteiger partial charge >= 0.3 is 0 Å². The molecule has 1 rings (SSSR count). The Kier molecular flexibility index (Phi) is 3.18. The van der Waals surface area contributed by atoms with Crippen molar-refractivity contribution in [2.24, 2.45) is 0 Å². The van der Waals surface area contributed by atoms with Crippen LogP contribution in [0.1, 0.15) is 10.4 Å². The molecule has 0 aromatic heterocycles. The van der Waals surface area contributed by atoms with Crippen molar-refractivity contribution in [1.82, 2.24) is 0 Å². The summed E-state index contributed by atoms with van der Waals surface area (Å²) in [4.78, 5) is 11.1. The summed E-state index contributed by atoms with van der Waals surface area (Å²) >= 11 is 0. The van der Waals surface area contributed by atoms with Crippen molar-refractivity contribution in [2.75, 3.05) is 6.61 Å². The average Bonchev–Trinajstić information content (AvgIpc) is 2.15. The highest BCUT2D eigenvalue weighted by Crippen LogP contribution is 2.02. The van der Waals surface area contributed by atoms with Gasteiger partial charge in [0.25, 0.3) is 0 Å². The lowest BCUT2D eigenvalue weighted by Crippen LogP contribution is -1.95. The Balaban J connectivity index is 2.84. The van der Waals surface area contributed by atoms with Gasteiger partial charge in [-0.15, -0.1) is 0 Å². The molecule has 2 nitrogen and oxygen atoms in total. The lowest BCUT2D eigenvalue weighted by molar-refractivity contribution is 0.105. The predicted octanol–water partition coefficient (Wildman–Crippen LogP) is 1.00. The van der Waals surface area contributed by atoms with Gasteiger partial charge in [0.1, 0.15) is 12.4 Å². The van der Waals surface area contributed by atoms with E-state index in [9.17, 15) is 9.18 Å². The fourth-order valence-electron chi connectivity index (χ4n) is 0.793. The SMILES string of the molecule is O=C(C#CCO)c1ccc(F)cc1. The third-order valence-electron chi connectivity index (χ3n) is 1.39. The summed E-state index contributed by atoms with van der Waals surface area (Å²) in [6.07, 6.45) is 0. The highest BCUT2D eigenvalue weighted by Gasteiger charge is 2.00. The van der Waals surface area contributed by atoms with E-state index in [1.807, 2.05) is 0 Å². The lowest BCUT2D eigenvalue weighted by atomic mass is 10.1. The van der Waals surface area contributed by atoms with E-state index in [1.54, 1.807) is 0 Å². The predicted molar refractivity (Wildman–Crippen MR) is 45.6 cm³/mol. The molecule has 0 atom stereocenters. The molecule has 13 heavy (non-hydrogen) atoms. The standard InChI is InChI=1S/C10H7FO2/c11-9-5-3-8(4-6-9)10(13)2-1-7-12/h3-6,12H,7H2. The zero-order valence-electron chi connectivity index (χ0n) is 6.75. The van der Waals surface area contributed by atoms with Crippen LogP contribution in [0, 0.1) is 17.7 Å². The number of rotatable bonds is 1. The van der Waals surface area contributed by atoms with Crippen molar-refractivity contribution < 1.29 is 14.3 Å². The van der Waals surface area contributed by atoms with Crippen LogP contribution in [0.15, 0.2) is 24.3 Å². The molecule has 0 spiro atoms. The first-order valence-electron chi connectivity index (χ1n) is 3.63. The molecule has 0 saturated heterocycles. The molecule has 0 saturated carbocycles. The molecule has 0 radical (unpaired) electrons. The van der Waals surface area contributed by atoms with Gasteiger partial charge in [0.05, 0.1) is 0 Å². The Bertz CT molecular complexity index is 357. The van der Waals surface area contributed by atoms with Crippen LogP contribution in [0.2, 0.25) is 0 Å². The summed E-state index contributed by atoms with van der Waals surface area (Å²) in [5, 5.41) is 8.32. The molecular formula is C10H7FO2. The summed E-state index contributed by atoms with van der Waals surface area (Å²) < 4.78 is 12.4. The van der Waals surface area contributed by atoms with E-state index in [1.165, 1.54) is 24.3 Å². The molecular weight excluding hydrogens is 171 g/mol. The average molecular weight is 178 g/mol. The van der Waals surface area contributed by atoms with Gasteiger partial charge in [-0.3, -0.25) is 4.79 Å². The zero-order valence-corrected chi connectivity index (χ0v) is 6.75. The molecule has 0 aliphatic rings. The maximum absolute atomic E-state index is 12.4. The molecule has 1 N–H and O–H groups in total. The Morgan fingerprint density at radius 3 is 2.54 bits per heavy atom. The largest absolute Gasteiger partial charge is 0.384 e. The molecule has 0 amide bonds. The number of hydrogen-bond acceptors (Lipinski definition) is 2. The summed E-state index contributed by atoms with van der Waals surface area (Å²) in [6.45, 7) is -0.354. The number of Topliss-reactive ketones (excluding diaryl/α,β-unsaturated/α-hetero) is 1. The Hall–Kier alpha value is -1.66. The number of aliphatic hydroxyl groups excluding tert-OH is 1. The van der Waals surface area contributed by atoms with Crippen molar-refractivity contribution >= 4 is 5.78 Å². The van der Waals surface area contributed by atoms with E-state index >= 15 is 0 Å². The molecule has 0 aliphatic heterocycles. The second-order valence-corrected chi connectivity index (χ2v) is 2.30. The van der Waals surface area contributed by atoms with E-state index in [0.29, 0.717) is 5.56 Å². The highest BCUT2D eigenvalue weighted by molar-refractivity contribution is 6.08. The van der Waals surface area contributed by atoms with Crippen molar-refractivity contribution in [1.29, 1.82) is 0 Å². The maximum Gasteiger partial charge on any atom is 0.235 e. The Labute approximate surface area is 75.0 Å². The van der Waals surface area contributed by atoms with E-state index < -0.39 is 11.6 Å². The minimum absolute atomic E-state index is 0.322. The fourth-order valence-corrected chi connectivity index (χ4v) is 0.793. The number of carbonyl (C=O) groups is 1. The highest BCUT2D eigenvalue weighted by atomic mass is 19.1. The summed E-state index contributed by atoms with van der Waals surface area (Å²) in [6, 6.07) is 5.08. The summed E-state index contributed by atoms with van der Waals surface area (Å²) in [7, 11) is 0.